The molecule has 0 aliphatic heterocycles. The van der Waals surface area contributed by atoms with Crippen molar-refractivity contribution in [1.29, 1.82) is 0 Å². The van der Waals surface area contributed by atoms with Crippen LogP contribution in [0.15, 0.2) is 0 Å². The number of carbonyl (C=O) groups excluding carboxylic acids is 2. The minimum Gasteiger partial charge on any atom is -0.466 e. The van der Waals surface area contributed by atoms with E-state index >= 15 is 0 Å². The first-order chi connectivity index (χ1) is 9.15. The number of nitrogens with zero attached hydrogens (tertiary/aromatic N) is 1. The molecule has 5 heteroatoms. The zero-order valence-electron chi connectivity index (χ0n) is 12.5. The van der Waals surface area contributed by atoms with Gasteiger partial charge >= 0.3 is 5.97 Å². The Morgan fingerprint density at radius 1 is 1.11 bits per heavy atom. The molecular formula is C14H28N2O3. The maximum absolute atomic E-state index is 11.9. The minimum absolute atomic E-state index is 0.139. The van der Waals surface area contributed by atoms with Gasteiger partial charge in [-0.25, -0.2) is 0 Å². The van der Waals surface area contributed by atoms with E-state index in [1.807, 2.05) is 4.90 Å². The summed E-state index contributed by atoms with van der Waals surface area (Å²) in [4.78, 5) is 24.9. The molecule has 0 aliphatic rings. The Bertz CT molecular complexity index is 251. The molecule has 0 saturated heterocycles. The third-order valence-electron chi connectivity index (χ3n) is 2.66. The summed E-state index contributed by atoms with van der Waals surface area (Å²) in [5.41, 5.74) is 0. The summed E-state index contributed by atoms with van der Waals surface area (Å²) in [6.45, 7) is 9.01. The Kier molecular flexibility index (Phi) is 11.3. The van der Waals surface area contributed by atoms with Gasteiger partial charge in [-0.1, -0.05) is 13.8 Å². The summed E-state index contributed by atoms with van der Waals surface area (Å²) in [7, 11) is 0. The second-order valence-corrected chi connectivity index (χ2v) is 4.47. The second kappa shape index (κ2) is 12.0. The van der Waals surface area contributed by atoms with Crippen molar-refractivity contribution < 1.29 is 14.3 Å². The molecule has 0 saturated carbocycles. The molecule has 0 radical (unpaired) electrons. The van der Waals surface area contributed by atoms with E-state index in [-0.39, 0.29) is 11.9 Å². The van der Waals surface area contributed by atoms with Crippen molar-refractivity contribution in [2.75, 3.05) is 32.8 Å². The lowest BCUT2D eigenvalue weighted by molar-refractivity contribution is -0.143. The van der Waals surface area contributed by atoms with E-state index in [1.54, 1.807) is 6.92 Å². The van der Waals surface area contributed by atoms with Gasteiger partial charge in [0, 0.05) is 19.5 Å². The molecule has 112 valence electrons. The highest BCUT2D eigenvalue weighted by molar-refractivity contribution is 5.78. The van der Waals surface area contributed by atoms with E-state index in [0.717, 1.165) is 25.9 Å². The third kappa shape index (κ3) is 9.47. The molecule has 0 aliphatic carbocycles. The van der Waals surface area contributed by atoms with Crippen LogP contribution in [0.2, 0.25) is 0 Å². The summed E-state index contributed by atoms with van der Waals surface area (Å²) >= 11 is 0. The van der Waals surface area contributed by atoms with E-state index in [9.17, 15) is 9.59 Å². The van der Waals surface area contributed by atoms with Crippen LogP contribution in [0.25, 0.3) is 0 Å². The summed E-state index contributed by atoms with van der Waals surface area (Å²) in [5, 5.41) is 3.08. The number of ether oxygens (including phenoxy) is 1. The molecule has 1 N–H and O–H groups in total. The van der Waals surface area contributed by atoms with E-state index in [4.69, 9.17) is 4.74 Å². The van der Waals surface area contributed by atoms with E-state index in [1.165, 1.54) is 0 Å². The monoisotopic (exact) mass is 272 g/mol. The van der Waals surface area contributed by atoms with Crippen molar-refractivity contribution in [2.45, 2.75) is 46.5 Å². The van der Waals surface area contributed by atoms with Crippen LogP contribution in [-0.4, -0.2) is 49.6 Å². The highest BCUT2D eigenvalue weighted by Gasteiger charge is 2.10. The van der Waals surface area contributed by atoms with E-state index in [0.29, 0.717) is 32.5 Å². The quantitative estimate of drug-likeness (QED) is 0.458. The van der Waals surface area contributed by atoms with Crippen molar-refractivity contribution in [3.8, 4) is 0 Å². The third-order valence-corrected chi connectivity index (χ3v) is 2.66. The Labute approximate surface area is 116 Å². The average molecular weight is 272 g/mol. The highest BCUT2D eigenvalue weighted by atomic mass is 16.5. The fourth-order valence-corrected chi connectivity index (χ4v) is 1.80. The first kappa shape index (κ1) is 17.9. The van der Waals surface area contributed by atoms with Crippen LogP contribution in [0.3, 0.4) is 0 Å². The van der Waals surface area contributed by atoms with Gasteiger partial charge < -0.3 is 15.0 Å². The molecule has 19 heavy (non-hydrogen) atoms. The van der Waals surface area contributed by atoms with Gasteiger partial charge in [0.15, 0.2) is 0 Å². The van der Waals surface area contributed by atoms with Crippen molar-refractivity contribution in [3.05, 3.63) is 0 Å². The van der Waals surface area contributed by atoms with E-state index in [2.05, 4.69) is 19.2 Å². The molecule has 0 aromatic carbocycles. The van der Waals surface area contributed by atoms with Crippen LogP contribution in [0.1, 0.15) is 46.5 Å². The van der Waals surface area contributed by atoms with Gasteiger partial charge in [-0.05, 0) is 32.7 Å². The number of carbonyl (C=O) groups is 2. The molecule has 0 unspecified atom stereocenters. The van der Waals surface area contributed by atoms with Gasteiger partial charge in [-0.15, -0.1) is 0 Å². The first-order valence-electron chi connectivity index (χ1n) is 7.29. The zero-order valence-corrected chi connectivity index (χ0v) is 12.5. The molecule has 0 aromatic rings. The summed E-state index contributed by atoms with van der Waals surface area (Å²) < 4.78 is 4.83. The normalized spacial score (nSPS) is 10.3. The van der Waals surface area contributed by atoms with Gasteiger partial charge in [-0.2, -0.15) is 0 Å². The molecule has 0 bridgehead atoms. The number of amides is 1. The molecule has 0 aromatic heterocycles. The largest absolute Gasteiger partial charge is 0.466 e. The van der Waals surface area contributed by atoms with Gasteiger partial charge in [0.2, 0.25) is 5.91 Å². The number of hydrogen-bond donors (Lipinski definition) is 1. The summed E-state index contributed by atoms with van der Waals surface area (Å²) in [6.07, 6.45) is 3.07. The minimum atomic E-state index is -0.172. The molecule has 0 spiro atoms. The zero-order chi connectivity index (χ0) is 14.5. The predicted octanol–water partition coefficient (Wildman–Crippen LogP) is 1.57. The topological polar surface area (TPSA) is 58.6 Å². The van der Waals surface area contributed by atoms with Gasteiger partial charge in [0.05, 0.1) is 13.2 Å². The Balaban J connectivity index is 3.68. The number of esters is 1. The molecule has 0 heterocycles. The fourth-order valence-electron chi connectivity index (χ4n) is 1.80. The van der Waals surface area contributed by atoms with Crippen molar-refractivity contribution >= 4 is 11.9 Å². The van der Waals surface area contributed by atoms with Crippen LogP contribution < -0.4 is 5.32 Å². The van der Waals surface area contributed by atoms with Crippen LogP contribution in [-0.2, 0) is 14.3 Å². The second-order valence-electron chi connectivity index (χ2n) is 4.47. The molecule has 0 atom stereocenters. The average Bonchev–Trinajstić information content (AvgIpc) is 2.38. The van der Waals surface area contributed by atoms with Crippen LogP contribution in [0, 0.1) is 0 Å². The Hall–Kier alpha value is -1.10. The van der Waals surface area contributed by atoms with Gasteiger partial charge in [0.25, 0.3) is 0 Å². The molecule has 1 amide bonds. The summed E-state index contributed by atoms with van der Waals surface area (Å²) in [6, 6.07) is 0. The molecule has 5 nitrogen and oxygen atoms in total. The SMILES string of the molecule is CCCN(CCC)C(=O)CNCCCC(=O)OCC. The van der Waals surface area contributed by atoms with Gasteiger partial charge in [0.1, 0.15) is 0 Å². The lowest BCUT2D eigenvalue weighted by Gasteiger charge is -2.21. The summed E-state index contributed by atoms with van der Waals surface area (Å²) in [5.74, 6) is -0.0333. The van der Waals surface area contributed by atoms with Crippen molar-refractivity contribution in [3.63, 3.8) is 0 Å². The smallest absolute Gasteiger partial charge is 0.305 e. The Morgan fingerprint density at radius 2 is 1.74 bits per heavy atom. The van der Waals surface area contributed by atoms with Crippen molar-refractivity contribution in [2.24, 2.45) is 0 Å². The molecule has 0 rings (SSSR count). The maximum atomic E-state index is 11.9. The Morgan fingerprint density at radius 3 is 2.26 bits per heavy atom. The standard InChI is InChI=1S/C14H28N2O3/c1-4-10-16(11-5-2)13(17)12-15-9-7-8-14(18)19-6-3/h15H,4-12H2,1-3H3. The lowest BCUT2D eigenvalue weighted by Crippen LogP contribution is -2.39. The number of hydrogen-bond acceptors (Lipinski definition) is 4. The number of nitrogens with one attached hydrogen (secondary N) is 1. The van der Waals surface area contributed by atoms with Crippen LogP contribution in [0.5, 0.6) is 0 Å². The highest BCUT2D eigenvalue weighted by Crippen LogP contribution is 1.95. The van der Waals surface area contributed by atoms with Crippen LogP contribution >= 0.6 is 0 Å². The molecular weight excluding hydrogens is 244 g/mol. The van der Waals surface area contributed by atoms with E-state index < -0.39 is 0 Å². The number of rotatable bonds is 11. The lowest BCUT2D eigenvalue weighted by atomic mass is 10.3. The van der Waals surface area contributed by atoms with Gasteiger partial charge in [-0.3, -0.25) is 9.59 Å². The fraction of sp³-hybridized carbons (Fsp3) is 0.857. The first-order valence-corrected chi connectivity index (χ1v) is 7.29. The maximum Gasteiger partial charge on any atom is 0.305 e. The van der Waals surface area contributed by atoms with Crippen molar-refractivity contribution in [1.82, 2.24) is 10.2 Å². The predicted molar refractivity (Wildman–Crippen MR) is 75.9 cm³/mol. The van der Waals surface area contributed by atoms with Crippen LogP contribution in [0.4, 0.5) is 0 Å². The molecule has 0 fully saturated rings.